The van der Waals surface area contributed by atoms with E-state index in [1.807, 2.05) is 0 Å². The van der Waals surface area contributed by atoms with Gasteiger partial charge < -0.3 is 20.7 Å². The summed E-state index contributed by atoms with van der Waals surface area (Å²) in [6.45, 7) is 4.47. The maximum absolute atomic E-state index is 13.2. The first-order valence-electron chi connectivity index (χ1n) is 11.5. The highest BCUT2D eigenvalue weighted by Crippen LogP contribution is 2.33. The minimum atomic E-state index is -3.46. The molecule has 0 spiro atoms. The Morgan fingerprint density at radius 3 is 2.65 bits per heavy atom. The average Bonchev–Trinajstić information content (AvgIpc) is 3.22. The molecule has 2 aliphatic heterocycles. The number of sulfone groups is 1. The number of carbonyl (C=O) groups is 1. The number of hydrogen-bond acceptors (Lipinski definition) is 6. The van der Waals surface area contributed by atoms with Crippen molar-refractivity contribution in [2.24, 2.45) is 11.8 Å². The number of amides is 1. The van der Waals surface area contributed by atoms with Gasteiger partial charge in [0.15, 0.2) is 9.84 Å². The molecule has 6 unspecified atom stereocenters. The van der Waals surface area contributed by atoms with E-state index in [-0.39, 0.29) is 18.1 Å². The summed E-state index contributed by atoms with van der Waals surface area (Å²) in [4.78, 5) is 12.9. The summed E-state index contributed by atoms with van der Waals surface area (Å²) < 4.78 is 31.9. The molecule has 1 aromatic carbocycles. The van der Waals surface area contributed by atoms with E-state index >= 15 is 0 Å². The van der Waals surface area contributed by atoms with Crippen LogP contribution < -0.4 is 16.0 Å². The van der Waals surface area contributed by atoms with E-state index in [1.165, 1.54) is 0 Å². The quantitative estimate of drug-likeness (QED) is 0.611. The largest absolute Gasteiger partial charge is 0.380 e. The zero-order valence-electron chi connectivity index (χ0n) is 18.5. The van der Waals surface area contributed by atoms with Gasteiger partial charge in [-0.05, 0) is 74.7 Å². The first-order valence-corrected chi connectivity index (χ1v) is 13.0. The molecule has 6 atom stereocenters. The van der Waals surface area contributed by atoms with Crippen molar-refractivity contribution in [3.8, 4) is 0 Å². The van der Waals surface area contributed by atoms with Gasteiger partial charge in [0.1, 0.15) is 0 Å². The molecular formula is C23H35N3O4S. The first-order chi connectivity index (χ1) is 14.9. The number of benzene rings is 1. The number of fused-ring (bicyclic) bond motifs is 1. The summed E-state index contributed by atoms with van der Waals surface area (Å²) in [5.74, 6) is 0.919. The highest BCUT2D eigenvalue weighted by Gasteiger charge is 2.39. The summed E-state index contributed by atoms with van der Waals surface area (Å²) in [6, 6.07) is 7.21. The Balaban J connectivity index is 1.35. The molecule has 3 fully saturated rings. The lowest BCUT2D eigenvalue weighted by Gasteiger charge is -2.33. The van der Waals surface area contributed by atoms with Crippen LogP contribution in [0.2, 0.25) is 0 Å². The Kier molecular flexibility index (Phi) is 7.01. The van der Waals surface area contributed by atoms with Crippen molar-refractivity contribution < 1.29 is 17.9 Å². The van der Waals surface area contributed by atoms with Crippen molar-refractivity contribution >= 4 is 15.7 Å². The molecule has 3 aliphatic rings. The maximum Gasteiger partial charge on any atom is 0.237 e. The lowest BCUT2D eigenvalue weighted by Crippen LogP contribution is -2.45. The Labute approximate surface area is 185 Å². The molecule has 172 valence electrons. The van der Waals surface area contributed by atoms with Crippen molar-refractivity contribution in [1.82, 2.24) is 16.0 Å². The molecule has 31 heavy (non-hydrogen) atoms. The second kappa shape index (κ2) is 9.57. The molecule has 8 heteroatoms. The normalized spacial score (nSPS) is 33.6. The highest BCUT2D eigenvalue weighted by molar-refractivity contribution is 7.92. The topological polar surface area (TPSA) is 96.5 Å². The fourth-order valence-corrected chi connectivity index (χ4v) is 7.48. The Morgan fingerprint density at radius 2 is 1.94 bits per heavy atom. The first kappa shape index (κ1) is 22.7. The second-order valence-electron chi connectivity index (χ2n) is 9.45. The predicted octanol–water partition coefficient (Wildman–Crippen LogP) is 1.62. The van der Waals surface area contributed by atoms with Crippen LogP contribution in [0, 0.1) is 11.8 Å². The van der Waals surface area contributed by atoms with E-state index in [1.54, 1.807) is 31.4 Å². The lowest BCUT2D eigenvalue weighted by atomic mass is 9.88. The van der Waals surface area contributed by atoms with Crippen LogP contribution in [0.5, 0.6) is 0 Å². The molecule has 1 saturated carbocycles. The molecule has 1 amide bonds. The number of methoxy groups -OCH3 is 1. The summed E-state index contributed by atoms with van der Waals surface area (Å²) in [5, 5.41) is 9.36. The smallest absolute Gasteiger partial charge is 0.237 e. The average molecular weight is 450 g/mol. The highest BCUT2D eigenvalue weighted by atomic mass is 32.2. The van der Waals surface area contributed by atoms with Gasteiger partial charge in [-0.3, -0.25) is 4.79 Å². The van der Waals surface area contributed by atoms with Crippen LogP contribution >= 0.6 is 0 Å². The van der Waals surface area contributed by atoms with Crippen molar-refractivity contribution in [2.75, 3.05) is 20.2 Å². The van der Waals surface area contributed by atoms with Gasteiger partial charge in [-0.1, -0.05) is 19.1 Å². The van der Waals surface area contributed by atoms with Gasteiger partial charge in [-0.15, -0.1) is 0 Å². The van der Waals surface area contributed by atoms with Gasteiger partial charge >= 0.3 is 0 Å². The number of rotatable bonds is 6. The van der Waals surface area contributed by atoms with Crippen LogP contribution in [0.25, 0.3) is 0 Å². The zero-order valence-corrected chi connectivity index (χ0v) is 19.3. The van der Waals surface area contributed by atoms with Crippen LogP contribution in [-0.4, -0.2) is 58.0 Å². The van der Waals surface area contributed by atoms with Crippen molar-refractivity contribution in [3.05, 3.63) is 29.8 Å². The van der Waals surface area contributed by atoms with Crippen molar-refractivity contribution in [3.63, 3.8) is 0 Å². The molecule has 0 bridgehead atoms. The third kappa shape index (κ3) is 4.97. The van der Waals surface area contributed by atoms with Gasteiger partial charge in [0.2, 0.25) is 5.91 Å². The van der Waals surface area contributed by atoms with E-state index < -0.39 is 15.1 Å². The van der Waals surface area contributed by atoms with Gasteiger partial charge in [-0.2, -0.15) is 0 Å². The van der Waals surface area contributed by atoms with Crippen LogP contribution in [-0.2, 0) is 25.9 Å². The van der Waals surface area contributed by atoms with E-state index in [0.29, 0.717) is 35.7 Å². The molecule has 2 heterocycles. The Bertz CT molecular complexity index is 859. The fraction of sp³-hybridized carbons (Fsp3) is 0.696. The van der Waals surface area contributed by atoms with E-state index in [4.69, 9.17) is 4.74 Å². The monoisotopic (exact) mass is 449 g/mol. The van der Waals surface area contributed by atoms with Crippen molar-refractivity contribution in [2.45, 2.75) is 73.9 Å². The summed E-state index contributed by atoms with van der Waals surface area (Å²) in [7, 11) is -1.86. The predicted molar refractivity (Wildman–Crippen MR) is 119 cm³/mol. The van der Waals surface area contributed by atoms with Crippen LogP contribution in [0.3, 0.4) is 0 Å². The number of nitrogens with one attached hydrogen (secondary N) is 3. The van der Waals surface area contributed by atoms with Gasteiger partial charge in [-0.25, -0.2) is 8.42 Å². The molecule has 4 rings (SSSR count). The molecule has 0 aromatic heterocycles. The molecular weight excluding hydrogens is 414 g/mol. The molecule has 3 N–H and O–H groups in total. The third-order valence-corrected chi connectivity index (χ3v) is 9.51. The second-order valence-corrected chi connectivity index (χ2v) is 11.6. The molecule has 2 saturated heterocycles. The van der Waals surface area contributed by atoms with E-state index in [2.05, 4.69) is 22.9 Å². The van der Waals surface area contributed by atoms with Gasteiger partial charge in [0, 0.05) is 19.7 Å². The van der Waals surface area contributed by atoms with E-state index in [0.717, 1.165) is 44.3 Å². The minimum absolute atomic E-state index is 0.0187. The number of piperidine rings is 1. The number of ether oxygens (including phenoxy) is 1. The summed E-state index contributed by atoms with van der Waals surface area (Å²) in [6.07, 6.45) is 4.08. The summed E-state index contributed by atoms with van der Waals surface area (Å²) in [5.41, 5.74) is 0.893. The fourth-order valence-electron chi connectivity index (χ4n) is 5.38. The van der Waals surface area contributed by atoms with Crippen LogP contribution in [0.1, 0.15) is 44.6 Å². The standard InChI is InChI=1S/C23H35N3O4S/c1-15-3-8-21(30-2)22(11-15)31(28,29)18-6-4-16(5-7-18)13-25-23(27)20-12-17-14-24-10-9-19(17)26-20/h4-7,15,17,19-22,24,26H,3,8-14H2,1-2H3,(H,25,27). The van der Waals surface area contributed by atoms with Crippen LogP contribution in [0.15, 0.2) is 29.2 Å². The Morgan fingerprint density at radius 1 is 1.16 bits per heavy atom. The Hall–Kier alpha value is -1.48. The molecule has 7 nitrogen and oxygen atoms in total. The van der Waals surface area contributed by atoms with Crippen LogP contribution in [0.4, 0.5) is 0 Å². The SMILES string of the molecule is COC1CCC(C)CC1S(=O)(=O)c1ccc(CNC(=O)C2CC3CNCCC3N2)cc1. The minimum Gasteiger partial charge on any atom is -0.380 e. The lowest BCUT2D eigenvalue weighted by molar-refractivity contribution is -0.123. The van der Waals surface area contributed by atoms with E-state index in [9.17, 15) is 13.2 Å². The zero-order chi connectivity index (χ0) is 22.0. The third-order valence-electron chi connectivity index (χ3n) is 7.29. The number of carbonyl (C=O) groups excluding carboxylic acids is 1. The van der Waals surface area contributed by atoms with Crippen molar-refractivity contribution in [1.29, 1.82) is 0 Å². The molecule has 0 radical (unpaired) electrons. The molecule has 1 aromatic rings. The maximum atomic E-state index is 13.2. The van der Waals surface area contributed by atoms with Gasteiger partial charge in [0.05, 0.1) is 22.3 Å². The summed E-state index contributed by atoms with van der Waals surface area (Å²) >= 11 is 0. The van der Waals surface area contributed by atoms with Gasteiger partial charge in [0.25, 0.3) is 0 Å². The number of hydrogen-bond donors (Lipinski definition) is 3. The molecule has 1 aliphatic carbocycles.